The van der Waals surface area contributed by atoms with Crippen LogP contribution in [-0.4, -0.2) is 121 Å². The van der Waals surface area contributed by atoms with Gasteiger partial charge in [-0.1, -0.05) is 12.6 Å². The molecule has 1 saturated carbocycles. The zero-order valence-electron chi connectivity index (χ0n) is 30.6. The Hall–Kier alpha value is -4.44. The molecule has 12 nitrogen and oxygen atoms in total. The van der Waals surface area contributed by atoms with E-state index < -0.39 is 34.8 Å². The van der Waals surface area contributed by atoms with Crippen LogP contribution in [0.25, 0.3) is 32.9 Å². The molecule has 3 aliphatic heterocycles. The second kappa shape index (κ2) is 13.4. The Kier molecular flexibility index (Phi) is 9.06. The molecule has 16 heteroatoms. The van der Waals surface area contributed by atoms with E-state index in [2.05, 4.69) is 21.7 Å². The summed E-state index contributed by atoms with van der Waals surface area (Å²) in [4.78, 5) is 27.8. The second-order valence-electron chi connectivity index (χ2n) is 15.6. The summed E-state index contributed by atoms with van der Waals surface area (Å²) in [6.07, 6.45) is 1.30. The molecule has 1 amide bonds. The van der Waals surface area contributed by atoms with Crippen molar-refractivity contribution in [2.45, 2.75) is 63.3 Å². The van der Waals surface area contributed by atoms with E-state index in [1.807, 2.05) is 25.1 Å². The quantitative estimate of drug-likeness (QED) is 0.221. The van der Waals surface area contributed by atoms with Gasteiger partial charge in [-0.3, -0.25) is 9.89 Å². The van der Waals surface area contributed by atoms with Crippen molar-refractivity contribution in [1.82, 2.24) is 30.0 Å². The van der Waals surface area contributed by atoms with E-state index in [0.717, 1.165) is 53.3 Å². The molecule has 4 aliphatic rings. The Bertz CT molecular complexity index is 2240. The number of likely N-dealkylation sites (tertiary alicyclic amines) is 1. The first-order chi connectivity index (χ1) is 25.6. The molecule has 288 valence electrons. The van der Waals surface area contributed by atoms with Crippen molar-refractivity contribution in [3.63, 3.8) is 0 Å². The van der Waals surface area contributed by atoms with Crippen molar-refractivity contribution in [3.8, 4) is 22.9 Å². The number of hydrogen-bond acceptors (Lipinski definition) is 10. The highest BCUT2D eigenvalue weighted by molar-refractivity contribution is 7.91. The number of likely N-dealkylation sites (N-methyl/N-ethyl adjacent to an activating group) is 1. The van der Waals surface area contributed by atoms with Gasteiger partial charge in [0.15, 0.2) is 22.2 Å². The van der Waals surface area contributed by atoms with Crippen LogP contribution in [0.1, 0.15) is 49.1 Å². The molecule has 2 atom stereocenters. The maximum atomic E-state index is 14.1. The maximum absolute atomic E-state index is 14.1. The van der Waals surface area contributed by atoms with Gasteiger partial charge in [-0.25, -0.2) is 8.42 Å². The van der Waals surface area contributed by atoms with Crippen LogP contribution in [-0.2, 0) is 14.6 Å². The zero-order chi connectivity index (χ0) is 38.2. The number of aromatic nitrogens is 4. The monoisotopic (exact) mass is 767 g/mol. The Morgan fingerprint density at radius 2 is 1.85 bits per heavy atom. The SMILES string of the molecule is C=CC(=O)N1CC2(CCN(c3nc(O[C@H]4CCS(=O)(=O)C[C@@H]4N(C)C)nc4c(OCC(F)(F)F)c(-c5c(C)ccc6[nH]ncc56)c(C5CC5)cc34)CC2)C1. The summed E-state index contributed by atoms with van der Waals surface area (Å²) in [5.41, 5.74) is 3.87. The molecule has 0 unspecified atom stereocenters. The highest BCUT2D eigenvalue weighted by Gasteiger charge is 2.47. The molecule has 54 heavy (non-hydrogen) atoms. The normalized spacial score (nSPS) is 22.5. The van der Waals surface area contributed by atoms with E-state index in [9.17, 15) is 26.4 Å². The molecule has 8 rings (SSSR count). The van der Waals surface area contributed by atoms with Gasteiger partial charge in [0.05, 0.1) is 29.3 Å². The van der Waals surface area contributed by atoms with Crippen molar-refractivity contribution >= 4 is 43.4 Å². The number of aryl methyl sites for hydroxylation is 1. The summed E-state index contributed by atoms with van der Waals surface area (Å²) in [5, 5.41) is 8.56. The summed E-state index contributed by atoms with van der Waals surface area (Å²) in [5.74, 6) is 0.364. The summed E-state index contributed by atoms with van der Waals surface area (Å²) >= 11 is 0. The fourth-order valence-electron chi connectivity index (χ4n) is 8.49. The van der Waals surface area contributed by atoms with E-state index >= 15 is 0 Å². The number of sulfone groups is 1. The lowest BCUT2D eigenvalue weighted by Gasteiger charge is -2.54. The fourth-order valence-corrected chi connectivity index (χ4v) is 10.3. The van der Waals surface area contributed by atoms with E-state index in [0.29, 0.717) is 42.9 Å². The van der Waals surface area contributed by atoms with Crippen molar-refractivity contribution < 1.29 is 35.9 Å². The van der Waals surface area contributed by atoms with Gasteiger partial charge in [0.25, 0.3) is 0 Å². The van der Waals surface area contributed by atoms with Gasteiger partial charge in [0.2, 0.25) is 5.91 Å². The van der Waals surface area contributed by atoms with Crippen molar-refractivity contribution in [2.24, 2.45) is 5.41 Å². The minimum absolute atomic E-state index is 0.00143. The summed E-state index contributed by atoms with van der Waals surface area (Å²) < 4.78 is 80.0. The summed E-state index contributed by atoms with van der Waals surface area (Å²) in [7, 11) is 0.270. The number of amides is 1. The molecule has 1 spiro atoms. The molecule has 1 N–H and O–H groups in total. The van der Waals surface area contributed by atoms with Crippen LogP contribution < -0.4 is 14.4 Å². The molecule has 3 saturated heterocycles. The first-order valence-corrected chi connectivity index (χ1v) is 20.2. The Morgan fingerprint density at radius 3 is 2.52 bits per heavy atom. The highest BCUT2D eigenvalue weighted by Crippen LogP contribution is 2.53. The average molecular weight is 768 g/mol. The molecule has 4 aromatic rings. The van der Waals surface area contributed by atoms with Crippen LogP contribution in [0.2, 0.25) is 0 Å². The van der Waals surface area contributed by atoms with Crippen LogP contribution in [0.5, 0.6) is 11.8 Å². The lowest BCUT2D eigenvalue weighted by molar-refractivity contribution is -0.153. The van der Waals surface area contributed by atoms with Gasteiger partial charge < -0.3 is 24.2 Å². The lowest BCUT2D eigenvalue weighted by Crippen LogP contribution is -2.61. The fraction of sp³-hybridized carbons (Fsp3) is 0.526. The number of carbonyl (C=O) groups excluding carboxylic acids is 1. The van der Waals surface area contributed by atoms with E-state index in [1.54, 1.807) is 30.1 Å². The number of rotatable bonds is 9. The number of fused-ring (bicyclic) bond motifs is 2. The molecule has 2 aromatic heterocycles. The predicted molar refractivity (Wildman–Crippen MR) is 199 cm³/mol. The van der Waals surface area contributed by atoms with Crippen molar-refractivity contribution in [1.29, 1.82) is 0 Å². The number of aromatic amines is 1. The Morgan fingerprint density at radius 1 is 1.11 bits per heavy atom. The smallest absolute Gasteiger partial charge is 0.422 e. The zero-order valence-corrected chi connectivity index (χ0v) is 31.4. The maximum Gasteiger partial charge on any atom is 0.422 e. The van der Waals surface area contributed by atoms with Crippen molar-refractivity contribution in [2.75, 3.05) is 63.3 Å². The lowest BCUT2D eigenvalue weighted by atomic mass is 9.72. The number of carbonyl (C=O) groups is 1. The first-order valence-electron chi connectivity index (χ1n) is 18.4. The topological polar surface area (TPSA) is 134 Å². The minimum Gasteiger partial charge on any atom is -0.481 e. The third-order valence-corrected chi connectivity index (χ3v) is 13.3. The average Bonchev–Trinajstić information content (AvgIpc) is 3.85. The molecule has 0 radical (unpaired) electrons. The van der Waals surface area contributed by atoms with Gasteiger partial charge in [-0.15, -0.1) is 0 Å². The summed E-state index contributed by atoms with van der Waals surface area (Å²) in [6, 6.07) is 5.28. The number of nitrogens with zero attached hydrogens (tertiary/aromatic N) is 6. The van der Waals surface area contributed by atoms with E-state index in [4.69, 9.17) is 19.4 Å². The number of alkyl halides is 3. The van der Waals surface area contributed by atoms with Crippen molar-refractivity contribution in [3.05, 3.63) is 48.2 Å². The molecular formula is C38H44F3N7O5S. The second-order valence-corrected chi connectivity index (χ2v) is 17.9. The first kappa shape index (κ1) is 36.5. The van der Waals surface area contributed by atoms with E-state index in [-0.39, 0.29) is 52.4 Å². The largest absolute Gasteiger partial charge is 0.481 e. The number of hydrogen-bond donors (Lipinski definition) is 1. The molecule has 4 fully saturated rings. The molecule has 5 heterocycles. The van der Waals surface area contributed by atoms with Crippen LogP contribution in [0.4, 0.5) is 19.0 Å². The summed E-state index contributed by atoms with van der Waals surface area (Å²) in [6.45, 7) is 6.47. The van der Waals surface area contributed by atoms with Gasteiger partial charge in [-0.05, 0) is 93.9 Å². The molecule has 0 bridgehead atoms. The number of benzene rings is 2. The third kappa shape index (κ3) is 6.86. The van der Waals surface area contributed by atoms with Gasteiger partial charge >= 0.3 is 12.2 Å². The number of anilines is 1. The Labute approximate surface area is 311 Å². The molecule has 1 aliphatic carbocycles. The van der Waals surface area contributed by atoms with Gasteiger partial charge in [0, 0.05) is 47.9 Å². The van der Waals surface area contributed by atoms with Crippen LogP contribution in [0.3, 0.4) is 0 Å². The predicted octanol–water partition coefficient (Wildman–Crippen LogP) is 5.41. The minimum atomic E-state index is -4.64. The standard InChI is InChI=1S/C38H44F3N7O5S/c1-5-30(49)48-19-37(20-48)11-13-47(14-12-37)35-25-16-24(23-7-8-23)32(31-22(2)6-9-27-26(31)17-42-45-27)34(52-21-38(39,40)41)33(25)43-36(44-35)53-29-10-15-54(50,51)18-28(29)46(3)4/h5-6,9,16-17,23,28-29H,1,7-8,10-15,18-21H2,2-4H3,(H,42,45)/t28-,29-/m0/s1. The van der Waals surface area contributed by atoms with Crippen LogP contribution in [0, 0.1) is 12.3 Å². The van der Waals surface area contributed by atoms with Crippen LogP contribution in [0.15, 0.2) is 37.1 Å². The molecular weight excluding hydrogens is 724 g/mol. The number of halogens is 3. The highest BCUT2D eigenvalue weighted by atomic mass is 32.2. The third-order valence-electron chi connectivity index (χ3n) is 11.6. The number of nitrogens with one attached hydrogen (secondary N) is 1. The number of H-pyrrole nitrogens is 1. The van der Waals surface area contributed by atoms with Gasteiger partial charge in [-0.2, -0.15) is 28.2 Å². The van der Waals surface area contributed by atoms with E-state index in [1.165, 1.54) is 6.08 Å². The van der Waals surface area contributed by atoms with Gasteiger partial charge in [0.1, 0.15) is 17.4 Å². The van der Waals surface area contributed by atoms with Crippen LogP contribution >= 0.6 is 0 Å². The number of ether oxygens (including phenoxy) is 2. The number of piperidine rings is 1. The molecule has 2 aromatic carbocycles. The Balaban J connectivity index is 1.30.